The molecule has 0 bridgehead atoms. The molecule has 2 heterocycles. The van der Waals surface area contributed by atoms with Gasteiger partial charge in [-0.2, -0.15) is 0 Å². The topological polar surface area (TPSA) is 63.9 Å². The van der Waals surface area contributed by atoms with Crippen LogP contribution < -0.4 is 4.74 Å². The predicted octanol–water partition coefficient (Wildman–Crippen LogP) is 5.04. The summed E-state index contributed by atoms with van der Waals surface area (Å²) in [6.07, 6.45) is 1.89. The van der Waals surface area contributed by atoms with E-state index in [1.165, 1.54) is 11.8 Å². The summed E-state index contributed by atoms with van der Waals surface area (Å²) in [5.41, 5.74) is 1.95. The van der Waals surface area contributed by atoms with Crippen molar-refractivity contribution in [1.82, 2.24) is 15.2 Å². The molecule has 0 radical (unpaired) electrons. The number of nitrogens with one attached hydrogen (secondary N) is 1. The minimum Gasteiger partial charge on any atom is -0.493 e. The van der Waals surface area contributed by atoms with Crippen LogP contribution in [-0.4, -0.2) is 27.5 Å². The highest BCUT2D eigenvalue weighted by molar-refractivity contribution is 7.99. The Morgan fingerprint density at radius 2 is 1.92 bits per heavy atom. The van der Waals surface area contributed by atoms with Crippen LogP contribution >= 0.6 is 23.4 Å². The van der Waals surface area contributed by atoms with Crippen molar-refractivity contribution in [2.45, 2.75) is 5.22 Å². The van der Waals surface area contributed by atoms with E-state index >= 15 is 0 Å². The fraction of sp³-hybridized carbons (Fsp3) is 0.111. The number of fused-ring (bicyclic) bond motifs is 1. The van der Waals surface area contributed by atoms with Crippen molar-refractivity contribution >= 4 is 34.3 Å². The number of nitrogens with zero attached hydrogens (tertiary/aromatic N) is 2. The number of H-pyrrole nitrogens is 1. The van der Waals surface area contributed by atoms with Gasteiger partial charge in [0.05, 0.1) is 12.2 Å². The van der Waals surface area contributed by atoms with Crippen LogP contribution in [0.3, 0.4) is 0 Å². The summed E-state index contributed by atoms with van der Waals surface area (Å²) in [5, 5.41) is 10.5. The van der Waals surface area contributed by atoms with Crippen LogP contribution in [0.2, 0.25) is 5.02 Å². The fourth-order valence-electron chi connectivity index (χ4n) is 2.44. The Morgan fingerprint density at radius 3 is 2.80 bits per heavy atom. The smallest absolute Gasteiger partial charge is 0.276 e. The molecule has 0 amide bonds. The minimum absolute atomic E-state index is 0.513. The highest BCUT2D eigenvalue weighted by Crippen LogP contribution is 2.29. The van der Waals surface area contributed by atoms with Gasteiger partial charge in [-0.3, -0.25) is 0 Å². The number of rotatable bonds is 6. The maximum atomic E-state index is 5.84. The molecular formula is C18H14ClN3O2S. The van der Waals surface area contributed by atoms with Crippen LogP contribution in [0.5, 0.6) is 5.75 Å². The SMILES string of the molecule is Clc1ccc(OCCSc2nnc(-c3c[nH]c4ccccc34)o2)cc1. The first kappa shape index (κ1) is 16.1. The normalized spacial score (nSPS) is 11.1. The first-order valence-corrected chi connectivity index (χ1v) is 9.07. The number of aromatic amines is 1. The van der Waals surface area contributed by atoms with E-state index in [0.29, 0.717) is 28.5 Å². The molecule has 0 aliphatic heterocycles. The third-order valence-electron chi connectivity index (χ3n) is 3.62. The van der Waals surface area contributed by atoms with Crippen LogP contribution in [0.4, 0.5) is 0 Å². The molecule has 0 aliphatic carbocycles. The van der Waals surface area contributed by atoms with Crippen LogP contribution in [0, 0.1) is 0 Å². The highest BCUT2D eigenvalue weighted by atomic mass is 35.5. The summed E-state index contributed by atoms with van der Waals surface area (Å²) in [6, 6.07) is 15.3. The van der Waals surface area contributed by atoms with Gasteiger partial charge in [0, 0.05) is 27.9 Å². The number of benzene rings is 2. The molecule has 5 nitrogen and oxygen atoms in total. The molecule has 126 valence electrons. The van der Waals surface area contributed by atoms with Crippen LogP contribution in [0.15, 0.2) is 64.4 Å². The van der Waals surface area contributed by atoms with E-state index in [-0.39, 0.29) is 0 Å². The standard InChI is InChI=1S/C18H14ClN3O2S/c19-12-5-7-13(8-6-12)23-9-10-25-18-22-21-17(24-18)15-11-20-16-4-2-1-3-14(15)16/h1-8,11,20H,9-10H2. The maximum Gasteiger partial charge on any atom is 0.276 e. The lowest BCUT2D eigenvalue weighted by Gasteiger charge is -2.04. The van der Waals surface area contributed by atoms with E-state index in [0.717, 1.165) is 22.2 Å². The van der Waals surface area contributed by atoms with Crippen molar-refractivity contribution < 1.29 is 9.15 Å². The number of ether oxygens (including phenoxy) is 1. The van der Waals surface area contributed by atoms with Gasteiger partial charge in [0.15, 0.2) is 0 Å². The second-order valence-electron chi connectivity index (χ2n) is 5.27. The van der Waals surface area contributed by atoms with Crippen molar-refractivity contribution in [3.8, 4) is 17.2 Å². The Hall–Kier alpha value is -2.44. The molecule has 0 aliphatic rings. The molecule has 0 saturated carbocycles. The van der Waals surface area contributed by atoms with Gasteiger partial charge in [0.2, 0.25) is 0 Å². The van der Waals surface area contributed by atoms with E-state index in [1.807, 2.05) is 42.6 Å². The molecule has 7 heteroatoms. The number of hydrogen-bond acceptors (Lipinski definition) is 5. The summed E-state index contributed by atoms with van der Waals surface area (Å²) in [6.45, 7) is 0.539. The molecule has 0 unspecified atom stereocenters. The van der Waals surface area contributed by atoms with Gasteiger partial charge in [-0.15, -0.1) is 10.2 Å². The maximum absolute atomic E-state index is 5.84. The molecule has 2 aromatic carbocycles. The number of para-hydroxylation sites is 1. The summed E-state index contributed by atoms with van der Waals surface area (Å²) < 4.78 is 11.4. The molecule has 0 fully saturated rings. The molecular weight excluding hydrogens is 358 g/mol. The van der Waals surface area contributed by atoms with E-state index in [2.05, 4.69) is 15.2 Å². The molecule has 0 spiro atoms. The second kappa shape index (κ2) is 7.21. The number of hydrogen-bond donors (Lipinski definition) is 1. The molecule has 2 aromatic heterocycles. The van der Waals surface area contributed by atoms with Gasteiger partial charge < -0.3 is 14.1 Å². The van der Waals surface area contributed by atoms with Gasteiger partial charge >= 0.3 is 0 Å². The minimum atomic E-state index is 0.513. The molecule has 4 rings (SSSR count). The van der Waals surface area contributed by atoms with Crippen molar-refractivity contribution in [3.05, 3.63) is 59.8 Å². The molecule has 0 saturated heterocycles. The Morgan fingerprint density at radius 1 is 1.08 bits per heavy atom. The Kier molecular flexibility index (Phi) is 4.63. The lowest BCUT2D eigenvalue weighted by Crippen LogP contribution is -1.99. The number of thioether (sulfide) groups is 1. The van der Waals surface area contributed by atoms with E-state index in [1.54, 1.807) is 12.1 Å². The Labute approximate surface area is 153 Å². The average Bonchev–Trinajstić information content (AvgIpc) is 3.27. The highest BCUT2D eigenvalue weighted by Gasteiger charge is 2.13. The van der Waals surface area contributed by atoms with Gasteiger partial charge in [0.25, 0.3) is 11.1 Å². The van der Waals surface area contributed by atoms with E-state index < -0.39 is 0 Å². The summed E-state index contributed by atoms with van der Waals surface area (Å²) in [5.74, 6) is 2.01. The lowest BCUT2D eigenvalue weighted by molar-refractivity contribution is 0.343. The van der Waals surface area contributed by atoms with Gasteiger partial charge in [-0.25, -0.2) is 0 Å². The van der Waals surface area contributed by atoms with Crippen molar-refractivity contribution in [3.63, 3.8) is 0 Å². The lowest BCUT2D eigenvalue weighted by atomic mass is 10.2. The number of halogens is 1. The fourth-order valence-corrected chi connectivity index (χ4v) is 3.15. The van der Waals surface area contributed by atoms with Crippen LogP contribution in [-0.2, 0) is 0 Å². The summed E-state index contributed by atoms with van der Waals surface area (Å²) >= 11 is 7.31. The summed E-state index contributed by atoms with van der Waals surface area (Å²) in [7, 11) is 0. The Bertz CT molecular complexity index is 981. The quantitative estimate of drug-likeness (QED) is 0.380. The zero-order valence-corrected chi connectivity index (χ0v) is 14.7. The van der Waals surface area contributed by atoms with E-state index in [9.17, 15) is 0 Å². The van der Waals surface area contributed by atoms with Crippen LogP contribution in [0.1, 0.15) is 0 Å². The first-order valence-electron chi connectivity index (χ1n) is 7.71. The zero-order chi connectivity index (χ0) is 17.1. The third kappa shape index (κ3) is 3.65. The molecule has 4 aromatic rings. The molecule has 0 atom stereocenters. The van der Waals surface area contributed by atoms with Crippen molar-refractivity contribution in [2.24, 2.45) is 0 Å². The number of aromatic nitrogens is 3. The molecule has 1 N–H and O–H groups in total. The Balaban J connectivity index is 1.36. The van der Waals surface area contributed by atoms with Crippen molar-refractivity contribution in [2.75, 3.05) is 12.4 Å². The van der Waals surface area contributed by atoms with Crippen LogP contribution in [0.25, 0.3) is 22.4 Å². The largest absolute Gasteiger partial charge is 0.493 e. The van der Waals surface area contributed by atoms with Crippen molar-refractivity contribution in [1.29, 1.82) is 0 Å². The zero-order valence-electron chi connectivity index (χ0n) is 13.1. The van der Waals surface area contributed by atoms with Gasteiger partial charge in [0.1, 0.15) is 5.75 Å². The predicted molar refractivity (Wildman–Crippen MR) is 99.3 cm³/mol. The van der Waals surface area contributed by atoms with E-state index in [4.69, 9.17) is 20.8 Å². The monoisotopic (exact) mass is 371 g/mol. The second-order valence-corrected chi connectivity index (χ2v) is 6.75. The van der Waals surface area contributed by atoms with Gasteiger partial charge in [-0.1, -0.05) is 41.6 Å². The molecule has 25 heavy (non-hydrogen) atoms. The van der Waals surface area contributed by atoms with Gasteiger partial charge in [-0.05, 0) is 30.3 Å². The first-order chi connectivity index (χ1) is 12.3. The third-order valence-corrected chi connectivity index (χ3v) is 4.65. The summed E-state index contributed by atoms with van der Waals surface area (Å²) in [4.78, 5) is 3.21. The average molecular weight is 372 g/mol.